The van der Waals surface area contributed by atoms with Crippen LogP contribution in [0.4, 0.5) is 0 Å². The first-order valence-electron chi connectivity index (χ1n) is 5.66. The van der Waals surface area contributed by atoms with Crippen LogP contribution in [-0.2, 0) is 6.54 Å². The first-order valence-corrected chi connectivity index (χ1v) is 5.66. The first kappa shape index (κ1) is 13.2. The molecular formula is C12H17N3O2. The Morgan fingerprint density at radius 3 is 2.71 bits per heavy atom. The summed E-state index contributed by atoms with van der Waals surface area (Å²) in [6.07, 6.45) is 4.00. The fraction of sp³-hybridized carbons (Fsp3) is 0.583. The molecule has 0 saturated carbocycles. The monoisotopic (exact) mass is 235 g/mol. The van der Waals surface area contributed by atoms with Crippen LogP contribution in [-0.4, -0.2) is 9.55 Å². The van der Waals surface area contributed by atoms with E-state index in [4.69, 9.17) is 5.26 Å². The van der Waals surface area contributed by atoms with Crippen LogP contribution in [0.15, 0.2) is 21.9 Å². The minimum Gasteiger partial charge on any atom is -0.301 e. The number of H-pyrrole nitrogens is 1. The fourth-order valence-corrected chi connectivity index (χ4v) is 1.53. The van der Waals surface area contributed by atoms with Crippen molar-refractivity contribution in [2.45, 2.75) is 39.7 Å². The number of hydrogen-bond acceptors (Lipinski definition) is 3. The summed E-state index contributed by atoms with van der Waals surface area (Å²) < 4.78 is 1.47. The van der Waals surface area contributed by atoms with Gasteiger partial charge in [0.05, 0.1) is 11.5 Å². The van der Waals surface area contributed by atoms with Crippen molar-refractivity contribution in [3.05, 3.63) is 33.1 Å². The highest BCUT2D eigenvalue weighted by Crippen LogP contribution is 2.21. The normalized spacial score (nSPS) is 11.1. The molecule has 5 nitrogen and oxygen atoms in total. The molecule has 5 heteroatoms. The second kappa shape index (κ2) is 5.48. The molecule has 17 heavy (non-hydrogen) atoms. The quantitative estimate of drug-likeness (QED) is 0.780. The van der Waals surface area contributed by atoms with Crippen LogP contribution in [0.5, 0.6) is 0 Å². The third-order valence-electron chi connectivity index (χ3n) is 2.65. The Morgan fingerprint density at radius 2 is 2.12 bits per heavy atom. The summed E-state index contributed by atoms with van der Waals surface area (Å²) in [7, 11) is 0. The molecule has 0 atom stereocenters. The number of nitrogens with one attached hydrogen (secondary N) is 1. The molecule has 0 aromatic carbocycles. The summed E-state index contributed by atoms with van der Waals surface area (Å²) in [4.78, 5) is 24.4. The molecule has 0 radical (unpaired) electrons. The predicted octanol–water partition coefficient (Wildman–Crippen LogP) is 1.26. The summed E-state index contributed by atoms with van der Waals surface area (Å²) in [5.74, 6) is 0. The van der Waals surface area contributed by atoms with E-state index >= 15 is 0 Å². The van der Waals surface area contributed by atoms with Crippen molar-refractivity contribution in [1.29, 1.82) is 5.26 Å². The maximum atomic E-state index is 11.3. The Morgan fingerprint density at radius 1 is 1.41 bits per heavy atom. The third kappa shape index (κ3) is 4.27. The van der Waals surface area contributed by atoms with E-state index in [-0.39, 0.29) is 16.7 Å². The van der Waals surface area contributed by atoms with E-state index in [0.29, 0.717) is 6.54 Å². The summed E-state index contributed by atoms with van der Waals surface area (Å²) in [6, 6.07) is 3.58. The number of aryl methyl sites for hydroxylation is 1. The van der Waals surface area contributed by atoms with Crippen molar-refractivity contribution in [1.82, 2.24) is 9.55 Å². The van der Waals surface area contributed by atoms with Crippen molar-refractivity contribution in [3.63, 3.8) is 0 Å². The van der Waals surface area contributed by atoms with Gasteiger partial charge in [0.1, 0.15) is 0 Å². The molecule has 0 aliphatic carbocycles. The molecule has 0 saturated heterocycles. The lowest BCUT2D eigenvalue weighted by atomic mass is 9.89. The highest BCUT2D eigenvalue weighted by atomic mass is 16.2. The molecule has 0 fully saturated rings. The molecule has 1 aromatic rings. The first-order chi connectivity index (χ1) is 7.94. The van der Waals surface area contributed by atoms with Crippen LogP contribution in [0.3, 0.4) is 0 Å². The maximum absolute atomic E-state index is 11.3. The van der Waals surface area contributed by atoms with Gasteiger partial charge >= 0.3 is 5.69 Å². The second-order valence-corrected chi connectivity index (χ2v) is 4.76. The highest BCUT2D eigenvalue weighted by molar-refractivity contribution is 4.91. The summed E-state index contributed by atoms with van der Waals surface area (Å²) >= 11 is 0. The van der Waals surface area contributed by atoms with Crippen LogP contribution in [0.25, 0.3) is 0 Å². The van der Waals surface area contributed by atoms with Gasteiger partial charge in [-0.05, 0) is 26.7 Å². The van der Waals surface area contributed by atoms with Crippen LogP contribution in [0.2, 0.25) is 0 Å². The van der Waals surface area contributed by atoms with Crippen molar-refractivity contribution in [3.8, 4) is 6.07 Å². The molecule has 0 aliphatic rings. The molecule has 1 aromatic heterocycles. The van der Waals surface area contributed by atoms with Gasteiger partial charge in [-0.25, -0.2) is 4.79 Å². The van der Waals surface area contributed by atoms with E-state index in [1.165, 1.54) is 16.8 Å². The van der Waals surface area contributed by atoms with Gasteiger partial charge in [0.25, 0.3) is 5.56 Å². The maximum Gasteiger partial charge on any atom is 0.328 e. The summed E-state index contributed by atoms with van der Waals surface area (Å²) in [6.45, 7) is 4.37. The summed E-state index contributed by atoms with van der Waals surface area (Å²) in [5, 5.41) is 8.84. The number of nitriles is 1. The Kier molecular flexibility index (Phi) is 4.27. The van der Waals surface area contributed by atoms with Gasteiger partial charge in [-0.2, -0.15) is 5.26 Å². The fourth-order valence-electron chi connectivity index (χ4n) is 1.53. The molecule has 1 heterocycles. The molecular weight excluding hydrogens is 218 g/mol. The van der Waals surface area contributed by atoms with Crippen LogP contribution >= 0.6 is 0 Å². The van der Waals surface area contributed by atoms with Crippen molar-refractivity contribution in [2.75, 3.05) is 0 Å². The van der Waals surface area contributed by atoms with E-state index in [1.54, 1.807) is 0 Å². The largest absolute Gasteiger partial charge is 0.328 e. The Bertz CT molecular complexity index is 520. The highest BCUT2D eigenvalue weighted by Gasteiger charge is 2.15. The smallest absolute Gasteiger partial charge is 0.301 e. The van der Waals surface area contributed by atoms with Gasteiger partial charge in [0.2, 0.25) is 0 Å². The van der Waals surface area contributed by atoms with Gasteiger partial charge in [-0.1, -0.05) is 6.42 Å². The van der Waals surface area contributed by atoms with E-state index in [9.17, 15) is 9.59 Å². The second-order valence-electron chi connectivity index (χ2n) is 4.76. The van der Waals surface area contributed by atoms with Gasteiger partial charge in [-0.15, -0.1) is 0 Å². The number of aromatic amines is 1. The Balaban J connectivity index is 2.45. The minimum absolute atomic E-state index is 0.310. The van der Waals surface area contributed by atoms with E-state index in [2.05, 4.69) is 11.1 Å². The standard InChI is InChI=1S/C12H17N3O2/c1-12(2,9-13)6-3-4-7-15-8-5-10(16)14-11(15)17/h5,8H,3-4,6-7H2,1-2H3,(H,14,16,17). The molecule has 0 spiro atoms. The zero-order valence-electron chi connectivity index (χ0n) is 10.2. The van der Waals surface area contributed by atoms with Crippen molar-refractivity contribution >= 4 is 0 Å². The van der Waals surface area contributed by atoms with E-state index in [0.717, 1.165) is 19.3 Å². The molecule has 92 valence electrons. The molecule has 0 unspecified atom stereocenters. The lowest BCUT2D eigenvalue weighted by Gasteiger charge is -2.14. The summed E-state index contributed by atoms with van der Waals surface area (Å²) in [5.41, 5.74) is -1.07. The molecule has 0 bridgehead atoms. The molecule has 1 N–H and O–H groups in total. The lowest BCUT2D eigenvalue weighted by Crippen LogP contribution is -2.28. The van der Waals surface area contributed by atoms with Crippen LogP contribution in [0.1, 0.15) is 33.1 Å². The number of unbranched alkanes of at least 4 members (excludes halogenated alkanes) is 1. The van der Waals surface area contributed by atoms with Gasteiger partial charge in [0, 0.05) is 18.8 Å². The average molecular weight is 235 g/mol. The molecule has 0 amide bonds. The number of rotatable bonds is 5. The average Bonchev–Trinajstić information content (AvgIpc) is 2.27. The minimum atomic E-state index is -0.378. The molecule has 1 rings (SSSR count). The lowest BCUT2D eigenvalue weighted by molar-refractivity contribution is 0.414. The van der Waals surface area contributed by atoms with Crippen LogP contribution in [0, 0.1) is 16.7 Å². The topological polar surface area (TPSA) is 78.7 Å². The third-order valence-corrected chi connectivity index (χ3v) is 2.65. The van der Waals surface area contributed by atoms with Gasteiger partial charge < -0.3 is 4.57 Å². The van der Waals surface area contributed by atoms with Crippen molar-refractivity contribution in [2.24, 2.45) is 5.41 Å². The van der Waals surface area contributed by atoms with Gasteiger partial charge in [-0.3, -0.25) is 9.78 Å². The Labute approximate surface area is 99.7 Å². The van der Waals surface area contributed by atoms with E-state index in [1.807, 2.05) is 13.8 Å². The zero-order chi connectivity index (χ0) is 12.9. The predicted molar refractivity (Wildman–Crippen MR) is 64.6 cm³/mol. The van der Waals surface area contributed by atoms with E-state index < -0.39 is 0 Å². The molecule has 0 aliphatic heterocycles. The number of hydrogen-bond donors (Lipinski definition) is 1. The van der Waals surface area contributed by atoms with Crippen LogP contribution < -0.4 is 11.2 Å². The Hall–Kier alpha value is -1.83. The SMILES string of the molecule is CC(C)(C#N)CCCCn1ccc(=O)[nH]c1=O. The number of nitrogens with zero attached hydrogens (tertiary/aromatic N) is 2. The zero-order valence-corrected chi connectivity index (χ0v) is 10.2. The van der Waals surface area contributed by atoms with Gasteiger partial charge in [0.15, 0.2) is 0 Å². The number of aromatic nitrogens is 2. The van der Waals surface area contributed by atoms with Crippen molar-refractivity contribution < 1.29 is 0 Å².